The van der Waals surface area contributed by atoms with E-state index in [2.05, 4.69) is 10.3 Å². The smallest absolute Gasteiger partial charge is 0.242 e. The number of rotatable bonds is 6. The Morgan fingerprint density at radius 1 is 1.32 bits per heavy atom. The molecule has 1 aromatic heterocycles. The zero-order valence-corrected chi connectivity index (χ0v) is 13.7. The van der Waals surface area contributed by atoms with Gasteiger partial charge in [0.25, 0.3) is 0 Å². The molecule has 0 fully saturated rings. The first-order valence-electron chi connectivity index (χ1n) is 7.48. The second-order valence-corrected chi connectivity index (χ2v) is 5.68. The minimum atomic E-state index is -0.273. The number of benzene rings is 1. The highest BCUT2D eigenvalue weighted by Gasteiger charge is 2.23. The Morgan fingerprint density at radius 3 is 2.64 bits per heavy atom. The van der Waals surface area contributed by atoms with Gasteiger partial charge in [-0.3, -0.25) is 9.69 Å². The van der Waals surface area contributed by atoms with Crippen molar-refractivity contribution >= 4 is 5.91 Å². The third-order valence-corrected chi connectivity index (χ3v) is 3.82. The molecule has 0 radical (unpaired) electrons. The molecule has 0 bridgehead atoms. The van der Waals surface area contributed by atoms with Crippen molar-refractivity contribution in [2.24, 2.45) is 0 Å². The predicted molar refractivity (Wildman–Crippen MR) is 87.6 cm³/mol. The summed E-state index contributed by atoms with van der Waals surface area (Å²) in [5.74, 6) is 0.981. The van der Waals surface area contributed by atoms with Crippen LogP contribution in [-0.2, 0) is 11.3 Å². The fraction of sp³-hybridized carbons (Fsp3) is 0.412. The van der Waals surface area contributed by atoms with Gasteiger partial charge in [-0.25, -0.2) is 4.98 Å². The minimum Gasteiger partial charge on any atom is -0.353 e. The number of hydrogen-bond acceptors (Lipinski definition) is 3. The number of aromatic nitrogens is 2. The van der Waals surface area contributed by atoms with Gasteiger partial charge < -0.3 is 9.88 Å². The normalized spacial score (nSPS) is 12.4. The summed E-state index contributed by atoms with van der Waals surface area (Å²) in [6.45, 7) is 5.31. The van der Waals surface area contributed by atoms with Gasteiger partial charge in [-0.15, -0.1) is 0 Å². The van der Waals surface area contributed by atoms with Crippen LogP contribution in [0.5, 0.6) is 0 Å². The molecule has 1 N–H and O–H groups in total. The van der Waals surface area contributed by atoms with Gasteiger partial charge in [-0.05, 0) is 39.1 Å². The highest BCUT2D eigenvalue weighted by Crippen LogP contribution is 2.21. The average molecular weight is 300 g/mol. The van der Waals surface area contributed by atoms with Crippen LogP contribution in [-0.4, -0.2) is 41.0 Å². The number of imidazole rings is 1. The Hall–Kier alpha value is -2.14. The van der Waals surface area contributed by atoms with Crippen molar-refractivity contribution in [2.45, 2.75) is 26.4 Å². The van der Waals surface area contributed by atoms with Gasteiger partial charge in [0.2, 0.25) is 5.91 Å². The highest BCUT2D eigenvalue weighted by atomic mass is 16.2. The third-order valence-electron chi connectivity index (χ3n) is 3.82. The maximum Gasteiger partial charge on any atom is 0.242 e. The quantitative estimate of drug-likeness (QED) is 0.887. The van der Waals surface area contributed by atoms with E-state index in [1.807, 2.05) is 67.9 Å². The predicted octanol–water partition coefficient (Wildman–Crippen LogP) is 1.92. The molecule has 1 unspecified atom stereocenters. The Bertz CT molecular complexity index is 633. The molecule has 1 amide bonds. The van der Waals surface area contributed by atoms with Crippen molar-refractivity contribution in [1.29, 1.82) is 0 Å². The van der Waals surface area contributed by atoms with Crippen LogP contribution >= 0.6 is 0 Å². The first-order chi connectivity index (χ1) is 10.5. The first kappa shape index (κ1) is 16.2. The van der Waals surface area contributed by atoms with Crippen molar-refractivity contribution in [2.75, 3.05) is 20.6 Å². The van der Waals surface area contributed by atoms with E-state index >= 15 is 0 Å². The van der Waals surface area contributed by atoms with Crippen LogP contribution in [0, 0.1) is 13.8 Å². The first-order valence-corrected chi connectivity index (χ1v) is 7.48. The summed E-state index contributed by atoms with van der Waals surface area (Å²) in [5, 5.41) is 3.03. The second-order valence-electron chi connectivity index (χ2n) is 5.68. The van der Waals surface area contributed by atoms with E-state index in [1.165, 1.54) is 0 Å². The molecule has 1 heterocycles. The Kier molecular flexibility index (Phi) is 5.33. The van der Waals surface area contributed by atoms with Crippen LogP contribution in [0.3, 0.4) is 0 Å². The molecule has 1 aromatic carbocycles. The number of amides is 1. The van der Waals surface area contributed by atoms with Crippen molar-refractivity contribution in [3.8, 4) is 0 Å². The lowest BCUT2D eigenvalue weighted by Gasteiger charge is -2.25. The van der Waals surface area contributed by atoms with Crippen molar-refractivity contribution in [3.05, 3.63) is 53.6 Å². The number of carbonyl (C=O) groups is 1. The molecule has 0 saturated carbocycles. The van der Waals surface area contributed by atoms with E-state index in [0.29, 0.717) is 6.54 Å². The number of aryl methyl sites for hydroxylation is 2. The van der Waals surface area contributed by atoms with Crippen molar-refractivity contribution < 1.29 is 4.79 Å². The van der Waals surface area contributed by atoms with Gasteiger partial charge in [0.05, 0.1) is 0 Å². The molecule has 22 heavy (non-hydrogen) atoms. The molecule has 0 aliphatic carbocycles. The van der Waals surface area contributed by atoms with E-state index in [0.717, 1.165) is 23.5 Å². The maximum atomic E-state index is 12.6. The number of likely N-dealkylation sites (N-methyl/N-ethyl adjacent to an activating group) is 1. The lowest BCUT2D eigenvalue weighted by molar-refractivity contribution is -0.125. The molecular formula is C17H24N4O. The molecule has 0 aliphatic heterocycles. The van der Waals surface area contributed by atoms with E-state index in [9.17, 15) is 4.79 Å². The van der Waals surface area contributed by atoms with Crippen LogP contribution in [0.1, 0.15) is 23.0 Å². The third kappa shape index (κ3) is 3.74. The lowest BCUT2D eigenvalue weighted by atomic mass is 10.00. The summed E-state index contributed by atoms with van der Waals surface area (Å²) in [6.07, 6.45) is 3.69. The van der Waals surface area contributed by atoms with Gasteiger partial charge in [-0.1, -0.05) is 24.3 Å². The van der Waals surface area contributed by atoms with E-state index in [-0.39, 0.29) is 11.9 Å². The Balaban J connectivity index is 2.02. The molecular weight excluding hydrogens is 276 g/mol. The highest BCUT2D eigenvalue weighted by molar-refractivity contribution is 5.83. The monoisotopic (exact) mass is 300 g/mol. The largest absolute Gasteiger partial charge is 0.353 e. The molecule has 0 spiro atoms. The Morgan fingerprint density at radius 2 is 2.05 bits per heavy atom. The molecule has 5 heteroatoms. The fourth-order valence-electron chi connectivity index (χ4n) is 2.58. The number of nitrogens with zero attached hydrogens (tertiary/aromatic N) is 3. The van der Waals surface area contributed by atoms with Crippen LogP contribution in [0.4, 0.5) is 0 Å². The number of nitrogens with one attached hydrogen (secondary N) is 1. The second kappa shape index (κ2) is 7.22. The van der Waals surface area contributed by atoms with Crippen molar-refractivity contribution in [3.63, 3.8) is 0 Å². The number of hydrogen-bond donors (Lipinski definition) is 1. The molecule has 2 aromatic rings. The van der Waals surface area contributed by atoms with Crippen LogP contribution in [0.15, 0.2) is 36.7 Å². The molecule has 5 nitrogen and oxygen atoms in total. The van der Waals surface area contributed by atoms with E-state index in [4.69, 9.17) is 0 Å². The van der Waals surface area contributed by atoms with E-state index < -0.39 is 0 Å². The van der Waals surface area contributed by atoms with Gasteiger partial charge in [-0.2, -0.15) is 0 Å². The zero-order valence-electron chi connectivity index (χ0n) is 13.7. The van der Waals surface area contributed by atoms with Crippen LogP contribution < -0.4 is 5.32 Å². The van der Waals surface area contributed by atoms with Crippen LogP contribution in [0.25, 0.3) is 0 Å². The SMILES string of the molecule is Cc1ccccc1C(C(=O)NCCn1ccnc1C)N(C)C. The summed E-state index contributed by atoms with van der Waals surface area (Å²) in [4.78, 5) is 18.7. The minimum absolute atomic E-state index is 0.0251. The van der Waals surface area contributed by atoms with Gasteiger partial charge in [0, 0.05) is 25.5 Å². The maximum absolute atomic E-state index is 12.6. The summed E-state index contributed by atoms with van der Waals surface area (Å²) < 4.78 is 2.03. The average Bonchev–Trinajstić information content (AvgIpc) is 2.86. The summed E-state index contributed by atoms with van der Waals surface area (Å²) in [5.41, 5.74) is 2.17. The van der Waals surface area contributed by atoms with Gasteiger partial charge in [0.1, 0.15) is 11.9 Å². The standard InChI is InChI=1S/C17H24N4O/c1-13-7-5-6-8-15(13)16(20(3)4)17(22)19-10-12-21-11-9-18-14(21)2/h5-9,11,16H,10,12H2,1-4H3,(H,19,22). The molecule has 0 aliphatic rings. The topological polar surface area (TPSA) is 50.2 Å². The summed E-state index contributed by atoms with van der Waals surface area (Å²) in [6, 6.07) is 7.74. The molecule has 118 valence electrons. The molecule has 2 rings (SSSR count). The fourth-order valence-corrected chi connectivity index (χ4v) is 2.58. The number of carbonyl (C=O) groups excluding carboxylic acids is 1. The van der Waals surface area contributed by atoms with Gasteiger partial charge >= 0.3 is 0 Å². The summed E-state index contributed by atoms with van der Waals surface area (Å²) in [7, 11) is 3.85. The van der Waals surface area contributed by atoms with Gasteiger partial charge in [0.15, 0.2) is 0 Å². The van der Waals surface area contributed by atoms with Crippen LogP contribution in [0.2, 0.25) is 0 Å². The molecule has 1 atom stereocenters. The molecule has 0 saturated heterocycles. The van der Waals surface area contributed by atoms with E-state index in [1.54, 1.807) is 6.20 Å². The summed E-state index contributed by atoms with van der Waals surface area (Å²) >= 11 is 0. The Labute approximate surface area is 132 Å². The zero-order chi connectivity index (χ0) is 16.1. The van der Waals surface area contributed by atoms with Crippen molar-refractivity contribution in [1.82, 2.24) is 19.8 Å². The lowest BCUT2D eigenvalue weighted by Crippen LogP contribution is -2.38.